The number of benzene rings is 1. The smallest absolute Gasteiger partial charge is 0.325 e. The van der Waals surface area contributed by atoms with E-state index in [9.17, 15) is 14.4 Å². The molecule has 2 aromatic heterocycles. The van der Waals surface area contributed by atoms with Crippen LogP contribution in [0.2, 0.25) is 0 Å². The van der Waals surface area contributed by atoms with E-state index in [4.69, 9.17) is 0 Å². The first-order valence-corrected chi connectivity index (χ1v) is 9.11. The van der Waals surface area contributed by atoms with Crippen LogP contribution in [0.1, 0.15) is 17.7 Å². The molecule has 0 unspecified atom stereocenters. The first-order chi connectivity index (χ1) is 12.6. The van der Waals surface area contributed by atoms with Gasteiger partial charge in [-0.3, -0.25) is 18.9 Å². The monoisotopic (exact) mass is 368 g/mol. The van der Waals surface area contributed by atoms with E-state index in [0.717, 1.165) is 10.5 Å². The van der Waals surface area contributed by atoms with Gasteiger partial charge >= 0.3 is 6.03 Å². The van der Waals surface area contributed by atoms with Crippen molar-refractivity contribution in [3.05, 3.63) is 69.6 Å². The lowest BCUT2D eigenvalue weighted by Gasteiger charge is -2.12. The van der Waals surface area contributed by atoms with Crippen LogP contribution in [0.15, 0.2) is 52.8 Å². The Balaban J connectivity index is 1.47. The van der Waals surface area contributed by atoms with Crippen LogP contribution in [-0.4, -0.2) is 32.3 Å². The molecule has 0 aliphatic carbocycles. The molecule has 26 heavy (non-hydrogen) atoms. The number of nitrogens with zero attached hydrogens (tertiary/aromatic N) is 3. The van der Waals surface area contributed by atoms with E-state index >= 15 is 0 Å². The van der Waals surface area contributed by atoms with E-state index < -0.39 is 12.1 Å². The normalized spacial score (nSPS) is 17.1. The van der Waals surface area contributed by atoms with E-state index in [-0.39, 0.29) is 18.0 Å². The van der Waals surface area contributed by atoms with Crippen LogP contribution in [0.5, 0.6) is 0 Å². The minimum atomic E-state index is -0.547. The van der Waals surface area contributed by atoms with E-state index in [1.54, 1.807) is 11.6 Å². The topological polar surface area (TPSA) is 83.8 Å². The lowest BCUT2D eigenvalue weighted by Crippen LogP contribution is -2.32. The molecule has 1 aliphatic heterocycles. The molecule has 3 aromatic rings. The van der Waals surface area contributed by atoms with Crippen molar-refractivity contribution in [3.8, 4) is 0 Å². The van der Waals surface area contributed by atoms with Crippen molar-refractivity contribution in [1.29, 1.82) is 0 Å². The summed E-state index contributed by atoms with van der Waals surface area (Å²) in [6.07, 6.45) is 2.88. The number of nitrogens with one attached hydrogen (secondary N) is 1. The molecule has 1 N–H and O–H groups in total. The van der Waals surface area contributed by atoms with Crippen LogP contribution in [-0.2, 0) is 17.8 Å². The summed E-state index contributed by atoms with van der Waals surface area (Å²) in [5.41, 5.74) is 1.30. The van der Waals surface area contributed by atoms with Gasteiger partial charge in [-0.05, 0) is 18.4 Å². The molecule has 3 amide bonds. The Morgan fingerprint density at radius 2 is 1.96 bits per heavy atom. The largest absolute Gasteiger partial charge is 0.326 e. The average molecular weight is 368 g/mol. The number of thiazole rings is 1. The van der Waals surface area contributed by atoms with Gasteiger partial charge in [0.15, 0.2) is 4.96 Å². The van der Waals surface area contributed by atoms with Crippen LogP contribution in [0, 0.1) is 0 Å². The number of hydrogen-bond acceptors (Lipinski definition) is 5. The van der Waals surface area contributed by atoms with Gasteiger partial charge in [0.05, 0.1) is 12.2 Å². The van der Waals surface area contributed by atoms with Gasteiger partial charge in [0, 0.05) is 17.6 Å². The Morgan fingerprint density at radius 3 is 2.77 bits per heavy atom. The van der Waals surface area contributed by atoms with Crippen molar-refractivity contribution in [2.75, 3.05) is 0 Å². The fourth-order valence-electron chi connectivity index (χ4n) is 3.01. The second-order valence-corrected chi connectivity index (χ2v) is 6.97. The standard InChI is InChI=1S/C18H16N4O3S/c23-15-10-13(19-18-21(15)8-9-26-18)11-22-16(24)14(20-17(22)25)7-6-12-4-2-1-3-5-12/h1-5,8-10,14H,6-7,11H2,(H,20,25)/t14-/m1/s1. The molecule has 1 aromatic carbocycles. The lowest BCUT2D eigenvalue weighted by molar-refractivity contribution is -0.128. The highest BCUT2D eigenvalue weighted by molar-refractivity contribution is 7.15. The zero-order valence-electron chi connectivity index (χ0n) is 13.8. The highest BCUT2D eigenvalue weighted by Crippen LogP contribution is 2.16. The first kappa shape index (κ1) is 16.5. The second-order valence-electron chi connectivity index (χ2n) is 6.09. The Kier molecular flexibility index (Phi) is 4.26. The molecule has 1 atom stereocenters. The van der Waals surface area contributed by atoms with E-state index in [2.05, 4.69) is 10.3 Å². The van der Waals surface area contributed by atoms with Gasteiger partial charge in [0.25, 0.3) is 11.5 Å². The zero-order chi connectivity index (χ0) is 18.1. The number of urea groups is 1. The summed E-state index contributed by atoms with van der Waals surface area (Å²) < 4.78 is 1.43. The predicted molar refractivity (Wildman–Crippen MR) is 97.0 cm³/mol. The van der Waals surface area contributed by atoms with Crippen LogP contribution in [0.25, 0.3) is 4.96 Å². The van der Waals surface area contributed by atoms with Crippen LogP contribution in [0.3, 0.4) is 0 Å². The first-order valence-electron chi connectivity index (χ1n) is 8.23. The summed E-state index contributed by atoms with van der Waals surface area (Å²) in [5, 5.41) is 4.48. The van der Waals surface area contributed by atoms with Gasteiger partial charge in [0.1, 0.15) is 6.04 Å². The summed E-state index contributed by atoms with van der Waals surface area (Å²) >= 11 is 1.33. The van der Waals surface area contributed by atoms with Crippen molar-refractivity contribution in [3.63, 3.8) is 0 Å². The molecule has 4 rings (SSSR count). The molecule has 0 radical (unpaired) electrons. The minimum absolute atomic E-state index is 0.00383. The number of aromatic nitrogens is 2. The molecular formula is C18H16N4O3S. The Hall–Kier alpha value is -3.00. The van der Waals surface area contributed by atoms with Gasteiger partial charge < -0.3 is 5.32 Å². The highest BCUT2D eigenvalue weighted by atomic mass is 32.1. The van der Waals surface area contributed by atoms with Gasteiger partial charge in [-0.1, -0.05) is 30.3 Å². The van der Waals surface area contributed by atoms with Crippen molar-refractivity contribution >= 4 is 28.2 Å². The number of carbonyl (C=O) groups excluding carboxylic acids is 2. The average Bonchev–Trinajstić information content (AvgIpc) is 3.21. The third-order valence-electron chi connectivity index (χ3n) is 4.35. The van der Waals surface area contributed by atoms with E-state index in [1.807, 2.05) is 30.3 Å². The molecule has 8 heteroatoms. The number of rotatable bonds is 5. The van der Waals surface area contributed by atoms with Crippen LogP contribution >= 0.6 is 11.3 Å². The maximum absolute atomic E-state index is 12.6. The van der Waals surface area contributed by atoms with E-state index in [0.29, 0.717) is 23.5 Å². The molecule has 1 saturated heterocycles. The lowest BCUT2D eigenvalue weighted by atomic mass is 10.1. The molecule has 1 aliphatic rings. The summed E-state index contributed by atoms with van der Waals surface area (Å²) in [7, 11) is 0. The van der Waals surface area contributed by atoms with Crippen molar-refractivity contribution in [2.45, 2.75) is 25.4 Å². The van der Waals surface area contributed by atoms with Gasteiger partial charge in [-0.25, -0.2) is 9.78 Å². The number of aryl methyl sites for hydroxylation is 1. The molecule has 0 saturated carbocycles. The number of hydrogen-bond donors (Lipinski definition) is 1. The van der Waals surface area contributed by atoms with Gasteiger partial charge in [0.2, 0.25) is 0 Å². The molecule has 0 bridgehead atoms. The number of fused-ring (bicyclic) bond motifs is 1. The van der Waals surface area contributed by atoms with Crippen LogP contribution < -0.4 is 10.9 Å². The summed E-state index contributed by atoms with van der Waals surface area (Å²) in [6.45, 7) is -0.00383. The molecule has 7 nitrogen and oxygen atoms in total. The van der Waals surface area contributed by atoms with Crippen molar-refractivity contribution in [2.24, 2.45) is 0 Å². The van der Waals surface area contributed by atoms with Crippen molar-refractivity contribution < 1.29 is 9.59 Å². The fraction of sp³-hybridized carbons (Fsp3) is 0.222. The van der Waals surface area contributed by atoms with E-state index in [1.165, 1.54) is 21.8 Å². The molecule has 0 spiro atoms. The molecule has 3 heterocycles. The highest BCUT2D eigenvalue weighted by Gasteiger charge is 2.37. The molecule has 1 fully saturated rings. The SMILES string of the molecule is O=C1N[C@H](CCc2ccccc2)C(=O)N1Cc1cc(=O)n2ccsc2n1. The third kappa shape index (κ3) is 3.11. The number of imide groups is 1. The maximum Gasteiger partial charge on any atom is 0.325 e. The second kappa shape index (κ2) is 6.72. The van der Waals surface area contributed by atoms with Gasteiger partial charge in [-0.2, -0.15) is 0 Å². The summed E-state index contributed by atoms with van der Waals surface area (Å²) in [4.78, 5) is 42.8. The predicted octanol–water partition coefficient (Wildman–Crippen LogP) is 1.81. The molecule has 132 valence electrons. The molecular weight excluding hydrogens is 352 g/mol. The fourth-order valence-corrected chi connectivity index (χ4v) is 3.75. The van der Waals surface area contributed by atoms with Crippen LogP contribution in [0.4, 0.5) is 4.79 Å². The Morgan fingerprint density at radius 1 is 1.15 bits per heavy atom. The Labute approximate surface area is 152 Å². The quantitative estimate of drug-likeness (QED) is 0.696. The third-order valence-corrected chi connectivity index (χ3v) is 5.10. The van der Waals surface area contributed by atoms with Gasteiger partial charge in [-0.15, -0.1) is 11.3 Å². The van der Waals surface area contributed by atoms with Crippen molar-refractivity contribution in [1.82, 2.24) is 19.6 Å². The number of carbonyl (C=O) groups is 2. The number of amides is 3. The maximum atomic E-state index is 12.6. The minimum Gasteiger partial charge on any atom is -0.326 e. The zero-order valence-corrected chi connectivity index (χ0v) is 14.6. The summed E-state index contributed by atoms with van der Waals surface area (Å²) in [6, 6.07) is 10.2. The Bertz CT molecular complexity index is 1030. The summed E-state index contributed by atoms with van der Waals surface area (Å²) in [5.74, 6) is -0.279.